The van der Waals surface area contributed by atoms with Gasteiger partial charge in [-0.3, -0.25) is 4.98 Å². The fraction of sp³-hybridized carbons (Fsp3) is 0.312. The van der Waals surface area contributed by atoms with Crippen LogP contribution in [0.25, 0.3) is 0 Å². The largest absolute Gasteiger partial charge is 0.396 e. The topological polar surface area (TPSA) is 45.1 Å². The molecule has 1 atom stereocenters. The fourth-order valence-electron chi connectivity index (χ4n) is 2.16. The Kier molecular flexibility index (Phi) is 4.93. The van der Waals surface area contributed by atoms with Gasteiger partial charge >= 0.3 is 0 Å². The van der Waals surface area contributed by atoms with Crippen molar-refractivity contribution in [1.82, 2.24) is 4.98 Å². The van der Waals surface area contributed by atoms with Crippen LogP contribution in [0, 0.1) is 6.92 Å². The highest BCUT2D eigenvalue weighted by molar-refractivity contribution is 5.43. The van der Waals surface area contributed by atoms with Crippen LogP contribution in [0.2, 0.25) is 0 Å². The molecule has 0 spiro atoms. The summed E-state index contributed by atoms with van der Waals surface area (Å²) in [5.74, 6) is 0.319. The van der Waals surface area contributed by atoms with Gasteiger partial charge in [-0.05, 0) is 31.0 Å². The summed E-state index contributed by atoms with van der Waals surface area (Å²) in [5.41, 5.74) is 3.34. The summed E-state index contributed by atoms with van der Waals surface area (Å²) in [4.78, 5) is 4.18. The fourth-order valence-corrected chi connectivity index (χ4v) is 2.16. The molecule has 100 valence electrons. The zero-order valence-corrected chi connectivity index (χ0v) is 11.2. The summed E-state index contributed by atoms with van der Waals surface area (Å²) in [6.07, 6.45) is 2.57. The Morgan fingerprint density at radius 3 is 2.68 bits per heavy atom. The van der Waals surface area contributed by atoms with Crippen LogP contribution in [-0.4, -0.2) is 23.2 Å². The van der Waals surface area contributed by atoms with Crippen LogP contribution in [0.5, 0.6) is 0 Å². The van der Waals surface area contributed by atoms with Gasteiger partial charge in [0.05, 0.1) is 0 Å². The highest BCUT2D eigenvalue weighted by Crippen LogP contribution is 2.20. The molecule has 1 aromatic carbocycles. The maximum absolute atomic E-state index is 9.20. The molecule has 1 heterocycles. The summed E-state index contributed by atoms with van der Waals surface area (Å²) in [6, 6.07) is 14.3. The van der Waals surface area contributed by atoms with E-state index in [0.717, 1.165) is 24.3 Å². The molecule has 0 radical (unpaired) electrons. The summed E-state index contributed by atoms with van der Waals surface area (Å²) in [6.45, 7) is 3.00. The average molecular weight is 256 g/mol. The molecule has 2 aromatic rings. The van der Waals surface area contributed by atoms with Gasteiger partial charge in [0.1, 0.15) is 0 Å². The van der Waals surface area contributed by atoms with Gasteiger partial charge in [-0.15, -0.1) is 0 Å². The molecule has 2 N–H and O–H groups in total. The second-order valence-electron chi connectivity index (χ2n) is 4.69. The van der Waals surface area contributed by atoms with Crippen molar-refractivity contribution in [2.45, 2.75) is 19.3 Å². The first-order valence-electron chi connectivity index (χ1n) is 6.62. The number of nitrogens with one attached hydrogen (secondary N) is 1. The minimum atomic E-state index is 0.205. The summed E-state index contributed by atoms with van der Waals surface area (Å²) >= 11 is 0. The number of rotatable bonds is 6. The van der Waals surface area contributed by atoms with E-state index in [2.05, 4.69) is 22.4 Å². The molecule has 0 bridgehead atoms. The van der Waals surface area contributed by atoms with Crippen molar-refractivity contribution in [2.24, 2.45) is 0 Å². The number of anilines is 1. The Morgan fingerprint density at radius 1 is 1.21 bits per heavy atom. The third-order valence-corrected chi connectivity index (χ3v) is 3.20. The van der Waals surface area contributed by atoms with E-state index in [4.69, 9.17) is 0 Å². The zero-order valence-electron chi connectivity index (χ0n) is 11.2. The number of pyridine rings is 1. The predicted octanol–water partition coefficient (Wildman–Crippen LogP) is 2.97. The Labute approximate surface area is 114 Å². The standard InChI is InChI=1S/C16H20N2O/c1-13-11-16(7-9-17-13)18-12-15(8-10-19)14-5-3-2-4-6-14/h2-7,9,11,15,19H,8,10,12H2,1H3,(H,17,18). The quantitative estimate of drug-likeness (QED) is 0.835. The van der Waals surface area contributed by atoms with Gasteiger partial charge in [0, 0.05) is 36.6 Å². The van der Waals surface area contributed by atoms with E-state index < -0.39 is 0 Å². The maximum atomic E-state index is 9.20. The first-order chi connectivity index (χ1) is 9.29. The lowest BCUT2D eigenvalue weighted by atomic mass is 9.96. The predicted molar refractivity (Wildman–Crippen MR) is 78.3 cm³/mol. The third-order valence-electron chi connectivity index (χ3n) is 3.20. The molecule has 0 amide bonds. The number of hydrogen-bond donors (Lipinski definition) is 2. The minimum Gasteiger partial charge on any atom is -0.396 e. The lowest BCUT2D eigenvalue weighted by Gasteiger charge is -2.18. The van der Waals surface area contributed by atoms with E-state index in [9.17, 15) is 5.11 Å². The molecule has 0 saturated carbocycles. The van der Waals surface area contributed by atoms with Crippen LogP contribution in [0.4, 0.5) is 5.69 Å². The second-order valence-corrected chi connectivity index (χ2v) is 4.69. The van der Waals surface area contributed by atoms with Gasteiger partial charge in [-0.1, -0.05) is 30.3 Å². The number of aryl methyl sites for hydroxylation is 1. The van der Waals surface area contributed by atoms with E-state index >= 15 is 0 Å². The van der Waals surface area contributed by atoms with Crippen LogP contribution in [0.15, 0.2) is 48.7 Å². The molecule has 0 saturated heterocycles. The second kappa shape index (κ2) is 6.90. The molecule has 0 aliphatic carbocycles. The molecule has 2 rings (SSSR count). The van der Waals surface area contributed by atoms with Crippen LogP contribution in [0.1, 0.15) is 23.6 Å². The number of aromatic nitrogens is 1. The summed E-state index contributed by atoms with van der Waals surface area (Å²) < 4.78 is 0. The van der Waals surface area contributed by atoms with Crippen molar-refractivity contribution in [3.05, 3.63) is 59.9 Å². The smallest absolute Gasteiger partial charge is 0.0437 e. The first-order valence-corrected chi connectivity index (χ1v) is 6.62. The molecule has 1 aromatic heterocycles. The first kappa shape index (κ1) is 13.6. The third kappa shape index (κ3) is 4.07. The molecular formula is C16H20N2O. The summed E-state index contributed by atoms with van der Waals surface area (Å²) in [7, 11) is 0. The lowest BCUT2D eigenvalue weighted by molar-refractivity contribution is 0.277. The van der Waals surface area contributed by atoms with Crippen LogP contribution in [0.3, 0.4) is 0 Å². The molecule has 0 aliphatic heterocycles. The van der Waals surface area contributed by atoms with Crippen molar-refractivity contribution in [1.29, 1.82) is 0 Å². The van der Waals surface area contributed by atoms with E-state index in [1.54, 1.807) is 6.20 Å². The van der Waals surface area contributed by atoms with E-state index in [1.165, 1.54) is 5.56 Å². The molecule has 0 fully saturated rings. The highest BCUT2D eigenvalue weighted by Gasteiger charge is 2.10. The molecule has 19 heavy (non-hydrogen) atoms. The van der Waals surface area contributed by atoms with Gasteiger partial charge in [0.15, 0.2) is 0 Å². The molecule has 0 aliphatic rings. The number of hydrogen-bond acceptors (Lipinski definition) is 3. The van der Waals surface area contributed by atoms with Gasteiger partial charge in [-0.25, -0.2) is 0 Å². The van der Waals surface area contributed by atoms with Crippen LogP contribution < -0.4 is 5.32 Å². The van der Waals surface area contributed by atoms with Crippen molar-refractivity contribution in [3.63, 3.8) is 0 Å². The lowest BCUT2D eigenvalue weighted by Crippen LogP contribution is -2.14. The maximum Gasteiger partial charge on any atom is 0.0437 e. The van der Waals surface area contributed by atoms with Crippen molar-refractivity contribution in [3.8, 4) is 0 Å². The molecule has 3 nitrogen and oxygen atoms in total. The number of aliphatic hydroxyl groups excluding tert-OH is 1. The minimum absolute atomic E-state index is 0.205. The van der Waals surface area contributed by atoms with E-state index in [-0.39, 0.29) is 6.61 Å². The normalized spacial score (nSPS) is 12.1. The Hall–Kier alpha value is -1.87. The number of aliphatic hydroxyl groups is 1. The highest BCUT2D eigenvalue weighted by atomic mass is 16.3. The monoisotopic (exact) mass is 256 g/mol. The molecular weight excluding hydrogens is 236 g/mol. The van der Waals surface area contributed by atoms with Crippen LogP contribution in [-0.2, 0) is 0 Å². The van der Waals surface area contributed by atoms with Gasteiger partial charge < -0.3 is 10.4 Å². The van der Waals surface area contributed by atoms with Gasteiger partial charge in [0.2, 0.25) is 0 Å². The molecule has 1 unspecified atom stereocenters. The number of nitrogens with zero attached hydrogens (tertiary/aromatic N) is 1. The van der Waals surface area contributed by atoms with Gasteiger partial charge in [0.25, 0.3) is 0 Å². The van der Waals surface area contributed by atoms with E-state index in [0.29, 0.717) is 5.92 Å². The van der Waals surface area contributed by atoms with E-state index in [1.807, 2.05) is 37.3 Å². The van der Waals surface area contributed by atoms with Crippen molar-refractivity contribution < 1.29 is 5.11 Å². The summed E-state index contributed by atoms with van der Waals surface area (Å²) in [5, 5.41) is 12.6. The molecule has 3 heteroatoms. The SMILES string of the molecule is Cc1cc(NCC(CCO)c2ccccc2)ccn1. The zero-order chi connectivity index (χ0) is 13.5. The van der Waals surface area contributed by atoms with Crippen molar-refractivity contribution >= 4 is 5.69 Å². The number of benzene rings is 1. The Balaban J connectivity index is 2.01. The Bertz CT molecular complexity index is 499. The van der Waals surface area contributed by atoms with Crippen LogP contribution >= 0.6 is 0 Å². The Morgan fingerprint density at radius 2 is 2.00 bits per heavy atom. The van der Waals surface area contributed by atoms with Crippen molar-refractivity contribution in [2.75, 3.05) is 18.5 Å². The average Bonchev–Trinajstić information content (AvgIpc) is 2.44. The van der Waals surface area contributed by atoms with Gasteiger partial charge in [-0.2, -0.15) is 0 Å².